The molecule has 0 saturated heterocycles. The Labute approximate surface area is 112 Å². The third-order valence-electron chi connectivity index (χ3n) is 2.94. The topological polar surface area (TPSA) is 37.9 Å². The molecule has 0 unspecified atom stereocenters. The van der Waals surface area contributed by atoms with Crippen LogP contribution >= 0.6 is 0 Å². The fourth-order valence-electron chi connectivity index (χ4n) is 2.06. The number of rotatable bonds is 2. The van der Waals surface area contributed by atoms with Gasteiger partial charge in [-0.1, -0.05) is 6.07 Å². The van der Waals surface area contributed by atoms with Crippen molar-refractivity contribution in [1.29, 1.82) is 0 Å². The van der Waals surface area contributed by atoms with Gasteiger partial charge in [0.25, 0.3) is 0 Å². The van der Waals surface area contributed by atoms with Crippen LogP contribution in [0.15, 0.2) is 30.3 Å². The molecule has 0 aliphatic heterocycles. The van der Waals surface area contributed by atoms with Crippen molar-refractivity contribution in [3.8, 4) is 17.1 Å². The second-order valence-electron chi connectivity index (χ2n) is 4.19. The minimum atomic E-state index is -0.808. The first kappa shape index (κ1) is 12.5. The zero-order valence-electron chi connectivity index (χ0n) is 10.4. The van der Waals surface area contributed by atoms with E-state index in [4.69, 9.17) is 4.74 Å². The van der Waals surface area contributed by atoms with Gasteiger partial charge < -0.3 is 9.72 Å². The number of nitrogens with zero attached hydrogens (tertiary/aromatic N) is 1. The highest BCUT2D eigenvalue weighted by molar-refractivity contribution is 5.81. The van der Waals surface area contributed by atoms with Gasteiger partial charge in [0.15, 0.2) is 5.82 Å². The number of imidazole rings is 1. The lowest BCUT2D eigenvalue weighted by atomic mass is 10.2. The van der Waals surface area contributed by atoms with Crippen LogP contribution in [0, 0.1) is 17.5 Å². The minimum Gasteiger partial charge on any atom is -0.496 e. The van der Waals surface area contributed by atoms with Crippen molar-refractivity contribution in [2.75, 3.05) is 7.11 Å². The molecule has 2 aromatic carbocycles. The third-order valence-corrected chi connectivity index (χ3v) is 2.94. The van der Waals surface area contributed by atoms with Gasteiger partial charge in [-0.3, -0.25) is 0 Å². The number of hydrogen-bond donors (Lipinski definition) is 1. The molecule has 0 amide bonds. The van der Waals surface area contributed by atoms with Crippen molar-refractivity contribution in [1.82, 2.24) is 9.97 Å². The minimum absolute atomic E-state index is 0.0493. The lowest BCUT2D eigenvalue weighted by molar-refractivity contribution is 0.413. The predicted octanol–water partition coefficient (Wildman–Crippen LogP) is 3.66. The molecule has 3 nitrogen and oxygen atoms in total. The largest absolute Gasteiger partial charge is 0.496 e. The van der Waals surface area contributed by atoms with Crippen LogP contribution in [-0.4, -0.2) is 17.1 Å². The molecule has 1 aromatic heterocycles. The number of benzene rings is 2. The summed E-state index contributed by atoms with van der Waals surface area (Å²) < 4.78 is 45.7. The molecule has 0 fully saturated rings. The standard InChI is InChI=1S/C14H9F3N2O/c1-20-11-4-2-3-8(16)12(11)14-18-10-6-7(15)5-9(17)13(10)19-14/h2-6H,1H3,(H,18,19). The summed E-state index contributed by atoms with van der Waals surface area (Å²) in [7, 11) is 1.39. The number of ether oxygens (including phenoxy) is 1. The quantitative estimate of drug-likeness (QED) is 0.777. The smallest absolute Gasteiger partial charge is 0.153 e. The van der Waals surface area contributed by atoms with Gasteiger partial charge in [0.05, 0.1) is 18.2 Å². The van der Waals surface area contributed by atoms with E-state index >= 15 is 0 Å². The van der Waals surface area contributed by atoms with Crippen molar-refractivity contribution in [3.05, 3.63) is 47.8 Å². The highest BCUT2D eigenvalue weighted by atomic mass is 19.1. The van der Waals surface area contributed by atoms with Crippen LogP contribution in [0.25, 0.3) is 22.4 Å². The fraction of sp³-hybridized carbons (Fsp3) is 0.0714. The van der Waals surface area contributed by atoms with Gasteiger partial charge in [0.1, 0.15) is 28.7 Å². The van der Waals surface area contributed by atoms with Crippen LogP contribution in [0.4, 0.5) is 13.2 Å². The average molecular weight is 278 g/mol. The van der Waals surface area contributed by atoms with Crippen LogP contribution in [0.1, 0.15) is 0 Å². The molecule has 3 rings (SSSR count). The second-order valence-corrected chi connectivity index (χ2v) is 4.19. The molecule has 20 heavy (non-hydrogen) atoms. The zero-order chi connectivity index (χ0) is 14.3. The summed E-state index contributed by atoms with van der Waals surface area (Å²) >= 11 is 0. The molecular formula is C14H9F3N2O. The van der Waals surface area contributed by atoms with Crippen LogP contribution in [0.5, 0.6) is 5.75 Å². The van der Waals surface area contributed by atoms with E-state index in [1.807, 2.05) is 0 Å². The summed E-state index contributed by atoms with van der Waals surface area (Å²) in [5.41, 5.74) is 0.181. The van der Waals surface area contributed by atoms with E-state index in [0.29, 0.717) is 0 Å². The lowest BCUT2D eigenvalue weighted by Gasteiger charge is -2.06. The molecule has 0 spiro atoms. The number of nitrogens with one attached hydrogen (secondary N) is 1. The molecule has 102 valence electrons. The molecule has 0 saturated carbocycles. The number of hydrogen-bond acceptors (Lipinski definition) is 2. The lowest BCUT2D eigenvalue weighted by Crippen LogP contribution is -1.92. The van der Waals surface area contributed by atoms with E-state index in [2.05, 4.69) is 9.97 Å². The first-order chi connectivity index (χ1) is 9.60. The Hall–Kier alpha value is -2.50. The highest BCUT2D eigenvalue weighted by Gasteiger charge is 2.17. The number of aromatic amines is 1. The summed E-state index contributed by atoms with van der Waals surface area (Å²) in [4.78, 5) is 6.67. The second kappa shape index (κ2) is 4.56. The maximum Gasteiger partial charge on any atom is 0.153 e. The van der Waals surface area contributed by atoms with Crippen molar-refractivity contribution in [2.45, 2.75) is 0 Å². The van der Waals surface area contributed by atoms with E-state index in [1.54, 1.807) is 6.07 Å². The average Bonchev–Trinajstić information content (AvgIpc) is 2.81. The van der Waals surface area contributed by atoms with Crippen LogP contribution in [-0.2, 0) is 0 Å². The van der Waals surface area contributed by atoms with E-state index in [9.17, 15) is 13.2 Å². The van der Waals surface area contributed by atoms with Gasteiger partial charge >= 0.3 is 0 Å². The molecule has 1 N–H and O–H groups in total. The SMILES string of the molecule is COc1cccc(F)c1-c1nc2c(F)cc(F)cc2[nH]1. The van der Waals surface area contributed by atoms with Gasteiger partial charge in [-0.2, -0.15) is 0 Å². The molecule has 3 aromatic rings. The molecule has 0 bridgehead atoms. The van der Waals surface area contributed by atoms with E-state index in [0.717, 1.165) is 12.1 Å². The van der Waals surface area contributed by atoms with E-state index in [-0.39, 0.29) is 28.2 Å². The summed E-state index contributed by atoms with van der Waals surface area (Å²) in [5, 5.41) is 0. The van der Waals surface area contributed by atoms with Crippen LogP contribution < -0.4 is 4.74 Å². The molecule has 0 aliphatic rings. The number of fused-ring (bicyclic) bond motifs is 1. The summed E-state index contributed by atoms with van der Waals surface area (Å²) in [6.07, 6.45) is 0. The van der Waals surface area contributed by atoms with Gasteiger partial charge in [0.2, 0.25) is 0 Å². The van der Waals surface area contributed by atoms with Crippen molar-refractivity contribution < 1.29 is 17.9 Å². The van der Waals surface area contributed by atoms with Crippen LogP contribution in [0.2, 0.25) is 0 Å². The summed E-state index contributed by atoms with van der Waals surface area (Å²) in [5.74, 6) is -1.77. The number of methoxy groups -OCH3 is 1. The highest BCUT2D eigenvalue weighted by Crippen LogP contribution is 2.32. The molecule has 0 atom stereocenters. The Morgan fingerprint density at radius 1 is 1.10 bits per heavy atom. The van der Waals surface area contributed by atoms with Gasteiger partial charge in [0, 0.05) is 6.07 Å². The van der Waals surface area contributed by atoms with Crippen LogP contribution in [0.3, 0.4) is 0 Å². The van der Waals surface area contributed by atoms with Gasteiger partial charge in [-0.25, -0.2) is 18.2 Å². The monoisotopic (exact) mass is 278 g/mol. The molecule has 0 aliphatic carbocycles. The Morgan fingerprint density at radius 2 is 1.90 bits per heavy atom. The van der Waals surface area contributed by atoms with Crippen molar-refractivity contribution >= 4 is 11.0 Å². The van der Waals surface area contributed by atoms with E-state index in [1.165, 1.54) is 19.2 Å². The Morgan fingerprint density at radius 3 is 2.65 bits per heavy atom. The Balaban J connectivity index is 2.28. The first-order valence-corrected chi connectivity index (χ1v) is 5.78. The normalized spacial score (nSPS) is 11.0. The van der Waals surface area contributed by atoms with Gasteiger partial charge in [-0.05, 0) is 18.2 Å². The number of halogens is 3. The van der Waals surface area contributed by atoms with Crippen molar-refractivity contribution in [3.63, 3.8) is 0 Å². The Bertz CT molecular complexity index is 798. The van der Waals surface area contributed by atoms with Crippen molar-refractivity contribution in [2.24, 2.45) is 0 Å². The summed E-state index contributed by atoms with van der Waals surface area (Å²) in [6, 6.07) is 6.11. The summed E-state index contributed by atoms with van der Waals surface area (Å²) in [6.45, 7) is 0. The molecule has 1 heterocycles. The fourth-order valence-corrected chi connectivity index (χ4v) is 2.06. The van der Waals surface area contributed by atoms with Gasteiger partial charge in [-0.15, -0.1) is 0 Å². The number of H-pyrrole nitrogens is 1. The maximum absolute atomic E-state index is 13.9. The molecule has 0 radical (unpaired) electrons. The Kier molecular flexibility index (Phi) is 2.85. The maximum atomic E-state index is 13.9. The van der Waals surface area contributed by atoms with E-state index < -0.39 is 17.5 Å². The zero-order valence-corrected chi connectivity index (χ0v) is 10.4. The first-order valence-electron chi connectivity index (χ1n) is 5.78. The molecule has 6 heteroatoms. The third kappa shape index (κ3) is 1.89. The number of aromatic nitrogens is 2. The predicted molar refractivity (Wildman–Crippen MR) is 68.0 cm³/mol. The molecular weight excluding hydrogens is 269 g/mol.